The van der Waals surface area contributed by atoms with E-state index in [4.69, 9.17) is 4.55 Å². The van der Waals surface area contributed by atoms with Crippen molar-refractivity contribution >= 4 is 12.9 Å². The van der Waals surface area contributed by atoms with Crippen LogP contribution in [0.4, 0.5) is 0 Å². The molecule has 1 aromatic carbocycles. The monoisotopic (exact) mass is 282 g/mol. The summed E-state index contributed by atoms with van der Waals surface area (Å²) in [7, 11) is 0. The quantitative estimate of drug-likeness (QED) is 0.553. The van der Waals surface area contributed by atoms with Crippen LogP contribution in [0.2, 0.25) is 0 Å². The van der Waals surface area contributed by atoms with E-state index < -0.39 is 0 Å². The summed E-state index contributed by atoms with van der Waals surface area (Å²) < 4.78 is 6.69. The zero-order valence-corrected chi connectivity index (χ0v) is 9.82. The van der Waals surface area contributed by atoms with Crippen molar-refractivity contribution in [3.8, 4) is 0 Å². The van der Waals surface area contributed by atoms with Crippen LogP contribution < -0.4 is 0 Å². The molecule has 1 nitrogen and oxygen atoms in total. The molecule has 1 rings (SSSR count). The van der Waals surface area contributed by atoms with Gasteiger partial charge in [0.15, 0.2) is 0 Å². The van der Waals surface area contributed by atoms with Crippen molar-refractivity contribution in [2.75, 3.05) is 0 Å². The van der Waals surface area contributed by atoms with Crippen LogP contribution in [0.1, 0.15) is 5.56 Å². The Bertz CT molecular complexity index is 144. The number of rotatable bonds is 0. The summed E-state index contributed by atoms with van der Waals surface area (Å²) in [6, 6.07) is 10.3. The van der Waals surface area contributed by atoms with Gasteiger partial charge in [0, 0.05) is 41.7 Å². The smallest absolute Gasteiger partial charge is 0 e. The van der Waals surface area contributed by atoms with Crippen LogP contribution in [0.25, 0.3) is 0 Å². The molecule has 0 atom stereocenters. The van der Waals surface area contributed by atoms with Crippen LogP contribution in [0.15, 0.2) is 30.3 Å². The van der Waals surface area contributed by atoms with Crippen molar-refractivity contribution < 1.29 is 46.3 Å². The van der Waals surface area contributed by atoms with Gasteiger partial charge in [-0.1, -0.05) is 35.9 Å². The minimum atomic E-state index is 0. The average molecular weight is 282 g/mol. The Morgan fingerprint density at radius 2 is 1.50 bits per heavy atom. The molecule has 0 amide bonds. The van der Waals surface area contributed by atoms with Crippen molar-refractivity contribution in [3.63, 3.8) is 0 Å². The largest absolute Gasteiger partial charge is 0.333 e. The van der Waals surface area contributed by atoms with E-state index in [0.717, 1.165) is 0 Å². The van der Waals surface area contributed by atoms with Crippen LogP contribution in [-0.4, -0.2) is 4.55 Å². The Morgan fingerprint density at radius 1 is 1.10 bits per heavy atom. The Balaban J connectivity index is 0. The Labute approximate surface area is 101 Å². The third-order valence-corrected chi connectivity index (χ3v) is 0.940. The van der Waals surface area contributed by atoms with E-state index in [2.05, 4.69) is 32.0 Å². The van der Waals surface area contributed by atoms with E-state index in [1.807, 2.05) is 18.2 Å². The van der Waals surface area contributed by atoms with Gasteiger partial charge >= 0.3 is 0 Å². The van der Waals surface area contributed by atoms with Gasteiger partial charge in [-0.25, -0.2) is 0 Å². The van der Waals surface area contributed by atoms with Crippen LogP contribution in [0.3, 0.4) is 0 Å². The molecule has 0 heterocycles. The zero-order chi connectivity index (χ0) is 7.11. The van der Waals surface area contributed by atoms with E-state index in [0.29, 0.717) is 0 Å². The first-order chi connectivity index (χ1) is 4.39. The predicted octanol–water partition coefficient (Wildman–Crippen LogP) is 2.38. The minimum absolute atomic E-state index is 0. The Hall–Kier alpha value is 0.907. The second-order valence-corrected chi connectivity index (χ2v) is 1.65. The SMILES string of the molecule is Cc1ccccc1.OS.[Ce]. The van der Waals surface area contributed by atoms with E-state index in [9.17, 15) is 0 Å². The summed E-state index contributed by atoms with van der Waals surface area (Å²) in [5, 5.41) is 0. The molecule has 1 N–H and O–H groups in total. The maximum atomic E-state index is 6.69. The number of hydrogen-bond acceptors (Lipinski definition) is 2. The second kappa shape index (κ2) is 9.91. The van der Waals surface area contributed by atoms with Gasteiger partial charge in [0.1, 0.15) is 0 Å². The molecule has 0 aliphatic rings. The molecule has 3 heteroatoms. The van der Waals surface area contributed by atoms with Gasteiger partial charge < -0.3 is 4.55 Å². The van der Waals surface area contributed by atoms with E-state index in [1.54, 1.807) is 0 Å². The molecule has 0 radical (unpaired) electrons. The normalized spacial score (nSPS) is 6.70. The molecule has 0 bridgehead atoms. The van der Waals surface area contributed by atoms with Crippen LogP contribution in [-0.2, 0) is 0 Å². The van der Waals surface area contributed by atoms with Gasteiger partial charge in [0.2, 0.25) is 0 Å². The van der Waals surface area contributed by atoms with E-state index >= 15 is 0 Å². The molecule has 10 heavy (non-hydrogen) atoms. The fraction of sp³-hybridized carbons (Fsp3) is 0.143. The third kappa shape index (κ3) is 7.02. The number of thiol groups is 1. The third-order valence-electron chi connectivity index (χ3n) is 0.940. The van der Waals surface area contributed by atoms with Gasteiger partial charge in [0.25, 0.3) is 0 Å². The molecule has 0 fully saturated rings. The standard InChI is InChI=1S/C7H8.Ce.H2OS/c1-7-5-3-2-4-6-7;;1-2/h2-6H,1H3;;1-2H. The van der Waals surface area contributed by atoms with E-state index in [1.165, 1.54) is 5.56 Å². The maximum absolute atomic E-state index is 6.69. The summed E-state index contributed by atoms with van der Waals surface area (Å²) in [5.41, 5.74) is 1.32. The predicted molar refractivity (Wildman–Crippen MR) is 42.8 cm³/mol. The van der Waals surface area contributed by atoms with Gasteiger partial charge in [0.05, 0.1) is 0 Å². The Morgan fingerprint density at radius 3 is 1.70 bits per heavy atom. The van der Waals surface area contributed by atoms with Gasteiger partial charge in [-0.2, -0.15) is 0 Å². The van der Waals surface area contributed by atoms with Gasteiger partial charge in [-0.05, 0) is 19.8 Å². The fourth-order valence-electron chi connectivity index (χ4n) is 0.534. The fourth-order valence-corrected chi connectivity index (χ4v) is 0.534. The zero-order valence-electron chi connectivity index (χ0n) is 5.78. The summed E-state index contributed by atoms with van der Waals surface area (Å²) in [5.74, 6) is 0. The molecule has 1 aromatic rings. The van der Waals surface area contributed by atoms with Crippen molar-refractivity contribution in [1.29, 1.82) is 0 Å². The minimum Gasteiger partial charge on any atom is -0.333 e. The summed E-state index contributed by atoms with van der Waals surface area (Å²) in [4.78, 5) is 0. The molecule has 0 aromatic heterocycles. The van der Waals surface area contributed by atoms with Crippen LogP contribution in [0, 0.1) is 48.7 Å². The van der Waals surface area contributed by atoms with Crippen molar-refractivity contribution in [2.24, 2.45) is 0 Å². The maximum Gasteiger partial charge on any atom is 0 e. The molecule has 54 valence electrons. The van der Waals surface area contributed by atoms with Crippen molar-refractivity contribution in [3.05, 3.63) is 35.9 Å². The molecule has 0 aliphatic heterocycles. The second-order valence-electron chi connectivity index (χ2n) is 1.65. The number of benzene rings is 1. The first-order valence-corrected chi connectivity index (χ1v) is 3.01. The number of hydrogen-bond donors (Lipinski definition) is 2. The molecule has 0 unspecified atom stereocenters. The first kappa shape index (κ1) is 13.5. The molecule has 0 saturated heterocycles. The van der Waals surface area contributed by atoms with Crippen molar-refractivity contribution in [1.82, 2.24) is 0 Å². The first-order valence-electron chi connectivity index (χ1n) is 2.61. The molecule has 0 saturated carbocycles. The number of aryl methyl sites for hydroxylation is 1. The molecule has 0 spiro atoms. The van der Waals surface area contributed by atoms with E-state index in [-0.39, 0.29) is 41.7 Å². The van der Waals surface area contributed by atoms with Gasteiger partial charge in [-0.15, -0.1) is 0 Å². The molecular formula is C7H10CeOS. The Kier molecular flexibility index (Phi) is 13.4. The summed E-state index contributed by atoms with van der Waals surface area (Å²) in [6.45, 7) is 2.08. The van der Waals surface area contributed by atoms with Crippen LogP contribution in [0.5, 0.6) is 0 Å². The molecular weight excluding hydrogens is 272 g/mol. The van der Waals surface area contributed by atoms with Gasteiger partial charge in [-0.3, -0.25) is 0 Å². The molecule has 0 aliphatic carbocycles. The summed E-state index contributed by atoms with van der Waals surface area (Å²) in [6.07, 6.45) is 0. The summed E-state index contributed by atoms with van der Waals surface area (Å²) >= 11 is 2.53. The average Bonchev–Trinajstić information content (AvgIpc) is 1.94. The topological polar surface area (TPSA) is 20.2 Å². The van der Waals surface area contributed by atoms with Crippen molar-refractivity contribution in [2.45, 2.75) is 6.92 Å². The van der Waals surface area contributed by atoms with Crippen LogP contribution >= 0.6 is 12.9 Å².